The van der Waals surface area contributed by atoms with Crippen molar-refractivity contribution in [3.8, 4) is 0 Å². The van der Waals surface area contributed by atoms with Crippen LogP contribution in [0.25, 0.3) is 0 Å². The molecule has 0 bridgehead atoms. The molecule has 3 fully saturated rings. The molecule has 3 aliphatic heterocycles. The first-order valence-electron chi connectivity index (χ1n) is 14.3. The molecule has 43 heavy (non-hydrogen) atoms. The number of anilines is 1. The van der Waals surface area contributed by atoms with Gasteiger partial charge in [-0.25, -0.2) is 4.39 Å². The lowest BCUT2D eigenvalue weighted by Crippen LogP contribution is -2.60. The van der Waals surface area contributed by atoms with Crippen molar-refractivity contribution in [2.45, 2.75) is 69.5 Å². The Morgan fingerprint density at radius 3 is 2.26 bits per heavy atom. The standard InChI is InChI=1S/C30H33F7N4O2/c1-18-12-22(31)2-4-25(18)41-9-7-23(39-10-11-40-24(17-39)3-5-27(40)42)16-26(41)28(43)38-8-6-19-13-20(29(32,33)34)15-21(14-19)30(35,36)37/h2,4,12-15,23-24,26H,3,5-11,16-17H2,1H3,(H,38,43)/t23?,24-,26?/m1/s1. The quantitative estimate of drug-likeness (QED) is 0.457. The maximum atomic E-state index is 13.9. The van der Waals surface area contributed by atoms with E-state index in [4.69, 9.17) is 0 Å². The molecule has 234 valence electrons. The summed E-state index contributed by atoms with van der Waals surface area (Å²) >= 11 is 0. The molecule has 0 spiro atoms. The summed E-state index contributed by atoms with van der Waals surface area (Å²) in [5, 5.41) is 2.73. The summed E-state index contributed by atoms with van der Waals surface area (Å²) in [5.74, 6) is -0.668. The van der Waals surface area contributed by atoms with Gasteiger partial charge in [-0.1, -0.05) is 0 Å². The monoisotopic (exact) mass is 614 g/mol. The number of hydrogen-bond donors (Lipinski definition) is 1. The zero-order valence-electron chi connectivity index (χ0n) is 23.6. The van der Waals surface area contributed by atoms with Gasteiger partial charge in [0.05, 0.1) is 11.1 Å². The zero-order chi connectivity index (χ0) is 31.1. The van der Waals surface area contributed by atoms with Gasteiger partial charge in [-0.05, 0) is 80.1 Å². The van der Waals surface area contributed by atoms with Gasteiger partial charge in [0.15, 0.2) is 0 Å². The minimum atomic E-state index is -4.96. The van der Waals surface area contributed by atoms with Crippen molar-refractivity contribution in [2.75, 3.05) is 37.6 Å². The molecule has 13 heteroatoms. The molecule has 0 aliphatic carbocycles. The van der Waals surface area contributed by atoms with E-state index in [1.54, 1.807) is 13.0 Å². The molecule has 3 heterocycles. The van der Waals surface area contributed by atoms with E-state index >= 15 is 0 Å². The molecule has 3 aliphatic rings. The average Bonchev–Trinajstić information content (AvgIpc) is 3.31. The van der Waals surface area contributed by atoms with E-state index in [1.807, 2.05) is 9.80 Å². The van der Waals surface area contributed by atoms with Crippen LogP contribution >= 0.6 is 0 Å². The second kappa shape index (κ2) is 12.0. The highest BCUT2D eigenvalue weighted by Gasteiger charge is 2.42. The largest absolute Gasteiger partial charge is 0.416 e. The lowest BCUT2D eigenvalue weighted by atomic mass is 9.92. The zero-order valence-corrected chi connectivity index (χ0v) is 23.6. The van der Waals surface area contributed by atoms with Crippen LogP contribution in [0.4, 0.5) is 36.4 Å². The predicted octanol–water partition coefficient (Wildman–Crippen LogP) is 5.17. The van der Waals surface area contributed by atoms with Gasteiger partial charge < -0.3 is 15.1 Å². The lowest BCUT2D eigenvalue weighted by Gasteiger charge is -2.47. The van der Waals surface area contributed by atoms with Gasteiger partial charge in [-0.2, -0.15) is 26.3 Å². The third-order valence-corrected chi connectivity index (χ3v) is 8.75. The number of rotatable bonds is 6. The molecule has 3 saturated heterocycles. The highest BCUT2D eigenvalue weighted by atomic mass is 19.4. The molecule has 2 aromatic carbocycles. The van der Waals surface area contributed by atoms with Gasteiger partial charge in [-0.15, -0.1) is 0 Å². The molecule has 1 N–H and O–H groups in total. The second-order valence-corrected chi connectivity index (χ2v) is 11.5. The van der Waals surface area contributed by atoms with E-state index in [0.717, 1.165) is 12.8 Å². The SMILES string of the molecule is Cc1cc(F)ccc1N1CCC(N2CCN3C(=O)CC[C@@H]3C2)CC1C(=O)NCCc1cc(C(F)(F)F)cc(C(F)(F)F)c1. The maximum Gasteiger partial charge on any atom is 0.416 e. The fourth-order valence-electron chi connectivity index (χ4n) is 6.59. The van der Waals surface area contributed by atoms with Crippen LogP contribution in [-0.2, 0) is 28.4 Å². The van der Waals surface area contributed by atoms with Crippen molar-refractivity contribution in [1.82, 2.24) is 15.1 Å². The van der Waals surface area contributed by atoms with Gasteiger partial charge in [0.2, 0.25) is 11.8 Å². The second-order valence-electron chi connectivity index (χ2n) is 11.5. The number of halogens is 7. The van der Waals surface area contributed by atoms with Gasteiger partial charge in [0, 0.05) is 56.9 Å². The highest BCUT2D eigenvalue weighted by Crippen LogP contribution is 2.37. The summed E-state index contributed by atoms with van der Waals surface area (Å²) in [6, 6.07) is 5.18. The summed E-state index contributed by atoms with van der Waals surface area (Å²) in [4.78, 5) is 31.8. The van der Waals surface area contributed by atoms with E-state index in [1.165, 1.54) is 12.1 Å². The van der Waals surface area contributed by atoms with E-state index < -0.39 is 41.2 Å². The molecule has 3 atom stereocenters. The minimum absolute atomic E-state index is 0.0309. The van der Waals surface area contributed by atoms with Crippen LogP contribution in [0.2, 0.25) is 0 Å². The van der Waals surface area contributed by atoms with Crippen LogP contribution < -0.4 is 10.2 Å². The van der Waals surface area contributed by atoms with Crippen LogP contribution in [0.3, 0.4) is 0 Å². The highest BCUT2D eigenvalue weighted by molar-refractivity contribution is 5.86. The first-order valence-corrected chi connectivity index (χ1v) is 14.3. The van der Waals surface area contributed by atoms with E-state index in [9.17, 15) is 40.3 Å². The minimum Gasteiger partial charge on any atom is -0.359 e. The number of piperidine rings is 1. The Labute approximate surface area is 244 Å². The molecule has 2 unspecified atom stereocenters. The van der Waals surface area contributed by atoms with E-state index in [-0.39, 0.29) is 42.6 Å². The van der Waals surface area contributed by atoms with Crippen LogP contribution in [0.5, 0.6) is 0 Å². The van der Waals surface area contributed by atoms with Gasteiger partial charge >= 0.3 is 12.4 Å². The van der Waals surface area contributed by atoms with E-state index in [0.29, 0.717) is 62.4 Å². The number of benzene rings is 2. The van der Waals surface area contributed by atoms with Crippen molar-refractivity contribution >= 4 is 17.5 Å². The topological polar surface area (TPSA) is 55.9 Å². The normalized spacial score (nSPS) is 23.4. The van der Waals surface area contributed by atoms with Crippen LogP contribution in [0.15, 0.2) is 36.4 Å². The molecule has 6 nitrogen and oxygen atoms in total. The smallest absolute Gasteiger partial charge is 0.359 e. The Kier molecular flexibility index (Phi) is 8.65. The Hall–Kier alpha value is -3.35. The number of hydrogen-bond acceptors (Lipinski definition) is 4. The molecule has 2 amide bonds. The number of carbonyl (C=O) groups excluding carboxylic acids is 2. The lowest BCUT2D eigenvalue weighted by molar-refractivity contribution is -0.143. The number of amides is 2. The first kappa shape index (κ1) is 31.1. The molecule has 0 radical (unpaired) electrons. The number of carbonyl (C=O) groups is 2. The van der Waals surface area contributed by atoms with Crippen molar-refractivity contribution in [1.29, 1.82) is 0 Å². The fraction of sp³-hybridized carbons (Fsp3) is 0.533. The van der Waals surface area contributed by atoms with Crippen molar-refractivity contribution in [2.24, 2.45) is 0 Å². The Bertz CT molecular complexity index is 1330. The van der Waals surface area contributed by atoms with Gasteiger partial charge in [-0.3, -0.25) is 14.5 Å². The molecular weight excluding hydrogens is 581 g/mol. The van der Waals surface area contributed by atoms with Gasteiger partial charge in [0.25, 0.3) is 0 Å². The summed E-state index contributed by atoms with van der Waals surface area (Å²) in [7, 11) is 0. The predicted molar refractivity (Wildman–Crippen MR) is 145 cm³/mol. The summed E-state index contributed by atoms with van der Waals surface area (Å²) in [6.45, 7) is 4.06. The van der Waals surface area contributed by atoms with Crippen LogP contribution in [0, 0.1) is 12.7 Å². The molecule has 5 rings (SSSR count). The summed E-state index contributed by atoms with van der Waals surface area (Å²) in [6.07, 6.45) is -7.68. The third kappa shape index (κ3) is 6.91. The molecule has 0 aromatic heterocycles. The number of alkyl halides is 6. The number of nitrogens with one attached hydrogen (secondary N) is 1. The fourth-order valence-corrected chi connectivity index (χ4v) is 6.59. The van der Waals surface area contributed by atoms with Crippen molar-refractivity contribution in [3.63, 3.8) is 0 Å². The van der Waals surface area contributed by atoms with Crippen molar-refractivity contribution in [3.05, 3.63) is 64.5 Å². The number of piperazine rings is 1. The van der Waals surface area contributed by atoms with E-state index in [2.05, 4.69) is 10.2 Å². The first-order chi connectivity index (χ1) is 20.2. The van der Waals surface area contributed by atoms with Gasteiger partial charge in [0.1, 0.15) is 11.9 Å². The van der Waals surface area contributed by atoms with Crippen LogP contribution in [-0.4, -0.2) is 72.5 Å². The maximum absolute atomic E-state index is 13.9. The number of aryl methyl sites for hydroxylation is 1. The number of nitrogens with zero attached hydrogens (tertiary/aromatic N) is 3. The Morgan fingerprint density at radius 2 is 1.60 bits per heavy atom. The summed E-state index contributed by atoms with van der Waals surface area (Å²) < 4.78 is 93.6. The Morgan fingerprint density at radius 1 is 0.907 bits per heavy atom. The summed E-state index contributed by atoms with van der Waals surface area (Å²) in [5.41, 5.74) is -1.68. The average molecular weight is 615 g/mol. The third-order valence-electron chi connectivity index (χ3n) is 8.75. The molecule has 2 aromatic rings. The molecule has 0 saturated carbocycles. The van der Waals surface area contributed by atoms with Crippen LogP contribution in [0.1, 0.15) is 47.9 Å². The molecular formula is C30H33F7N4O2. The number of fused-ring (bicyclic) bond motifs is 1. The Balaban J connectivity index is 1.31. The van der Waals surface area contributed by atoms with Crippen molar-refractivity contribution < 1.29 is 40.3 Å².